The van der Waals surface area contributed by atoms with Gasteiger partial charge in [0.15, 0.2) is 0 Å². The van der Waals surface area contributed by atoms with Gasteiger partial charge < -0.3 is 9.80 Å². The summed E-state index contributed by atoms with van der Waals surface area (Å²) in [4.78, 5) is 15.2. The Balaban J connectivity index is 1.78. The Morgan fingerprint density at radius 3 is 2.21 bits per heavy atom. The Bertz CT molecular complexity index is 1350. The lowest BCUT2D eigenvalue weighted by Crippen LogP contribution is -2.51. The van der Waals surface area contributed by atoms with Crippen molar-refractivity contribution in [3.05, 3.63) is 59.2 Å². The lowest BCUT2D eigenvalue weighted by molar-refractivity contribution is -0.130. The fourth-order valence-electron chi connectivity index (χ4n) is 3.99. The first-order chi connectivity index (χ1) is 15.9. The van der Waals surface area contributed by atoms with Crippen LogP contribution in [0.25, 0.3) is 10.9 Å². The third-order valence-corrected chi connectivity index (χ3v) is 8.22. The first-order valence-corrected chi connectivity index (χ1v) is 12.9. The van der Waals surface area contributed by atoms with E-state index >= 15 is 0 Å². The average molecular weight is 571 g/mol. The minimum atomic E-state index is -4.26. The van der Waals surface area contributed by atoms with Crippen molar-refractivity contribution >= 4 is 78.9 Å². The number of anilines is 1. The molecule has 0 saturated carbocycles. The molecule has 1 amide bonds. The number of benzene rings is 2. The number of halogens is 6. The molecule has 3 aromatic rings. The van der Waals surface area contributed by atoms with E-state index in [9.17, 15) is 22.0 Å². The molecule has 0 bridgehead atoms. The van der Waals surface area contributed by atoms with Crippen LogP contribution in [0.3, 0.4) is 0 Å². The van der Waals surface area contributed by atoms with Gasteiger partial charge in [0.1, 0.15) is 4.90 Å². The fourth-order valence-corrected chi connectivity index (χ4v) is 6.21. The van der Waals surface area contributed by atoms with Crippen LogP contribution in [-0.2, 0) is 14.8 Å². The number of fused-ring (bicyclic) bond motifs is 1. The second-order valence-electron chi connectivity index (χ2n) is 7.56. The van der Waals surface area contributed by atoms with Crippen molar-refractivity contribution in [2.75, 3.05) is 31.1 Å². The van der Waals surface area contributed by atoms with Gasteiger partial charge in [-0.3, -0.25) is 4.79 Å². The summed E-state index contributed by atoms with van der Waals surface area (Å²) >= 11 is 23.1. The highest BCUT2D eigenvalue weighted by Gasteiger charge is 2.37. The lowest BCUT2D eigenvalue weighted by Gasteiger charge is -2.37. The quantitative estimate of drug-likeness (QED) is 0.389. The number of hydrogen-bond acceptors (Lipinski definition) is 4. The monoisotopic (exact) mass is 569 g/mol. The number of rotatable bonds is 4. The second kappa shape index (κ2) is 9.35. The molecule has 1 aliphatic rings. The Hall–Kier alpha value is -1.78. The Morgan fingerprint density at radius 2 is 1.62 bits per heavy atom. The zero-order valence-electron chi connectivity index (χ0n) is 17.3. The Kier molecular flexibility index (Phi) is 6.96. The Morgan fingerprint density at radius 1 is 0.971 bits per heavy atom. The summed E-state index contributed by atoms with van der Waals surface area (Å²) in [6.45, 7) is 0.949. The van der Waals surface area contributed by atoms with E-state index in [1.165, 1.54) is 29.2 Å². The van der Waals surface area contributed by atoms with E-state index in [1.54, 1.807) is 23.1 Å². The van der Waals surface area contributed by atoms with Crippen molar-refractivity contribution in [1.82, 2.24) is 8.87 Å². The molecule has 1 aliphatic heterocycles. The van der Waals surface area contributed by atoms with Gasteiger partial charge in [-0.2, -0.15) is 0 Å². The molecule has 1 saturated heterocycles. The molecular formula is C21H17Cl4F2N3O3S. The van der Waals surface area contributed by atoms with Crippen LogP contribution < -0.4 is 4.90 Å². The van der Waals surface area contributed by atoms with Crippen LogP contribution >= 0.6 is 46.4 Å². The van der Waals surface area contributed by atoms with E-state index < -0.39 is 31.7 Å². The molecule has 34 heavy (non-hydrogen) atoms. The van der Waals surface area contributed by atoms with Crippen molar-refractivity contribution in [3.63, 3.8) is 0 Å². The SMILES string of the molecule is O=C(N1CCN(c2cccc3c2c(C(F)F)cn3S(=O)(=O)c2ccccc2Cl)CC1)C(Cl)(Cl)Cl. The van der Waals surface area contributed by atoms with Gasteiger partial charge in [0, 0.05) is 49.0 Å². The first-order valence-electron chi connectivity index (χ1n) is 9.96. The summed E-state index contributed by atoms with van der Waals surface area (Å²) in [5, 5.41) is 0.0862. The number of amides is 1. The predicted octanol–water partition coefficient (Wildman–Crippen LogP) is 5.49. The molecule has 1 aromatic heterocycles. The van der Waals surface area contributed by atoms with Crippen LogP contribution in [0.5, 0.6) is 0 Å². The van der Waals surface area contributed by atoms with Gasteiger partial charge in [0.05, 0.1) is 10.5 Å². The zero-order chi connectivity index (χ0) is 24.8. The van der Waals surface area contributed by atoms with Gasteiger partial charge in [0.25, 0.3) is 26.1 Å². The van der Waals surface area contributed by atoms with Crippen LogP contribution in [-0.4, -0.2) is 53.2 Å². The van der Waals surface area contributed by atoms with E-state index in [0.29, 0.717) is 5.69 Å². The van der Waals surface area contributed by atoms with Crippen molar-refractivity contribution in [1.29, 1.82) is 0 Å². The third kappa shape index (κ3) is 4.56. The molecule has 0 N–H and O–H groups in total. The van der Waals surface area contributed by atoms with Crippen molar-refractivity contribution in [2.24, 2.45) is 0 Å². The van der Waals surface area contributed by atoms with E-state index in [0.717, 1.165) is 10.2 Å². The van der Waals surface area contributed by atoms with Gasteiger partial charge in [-0.05, 0) is 24.3 Å². The highest BCUT2D eigenvalue weighted by atomic mass is 35.6. The molecule has 0 radical (unpaired) electrons. The summed E-state index contributed by atoms with van der Waals surface area (Å²) in [6, 6.07) is 10.5. The molecule has 6 nitrogen and oxygen atoms in total. The van der Waals surface area contributed by atoms with Crippen LogP contribution in [0.2, 0.25) is 5.02 Å². The highest BCUT2D eigenvalue weighted by molar-refractivity contribution is 7.90. The van der Waals surface area contributed by atoms with E-state index in [-0.39, 0.29) is 47.0 Å². The maximum absolute atomic E-state index is 14.1. The molecule has 1 fully saturated rings. The number of carbonyl (C=O) groups is 1. The van der Waals surface area contributed by atoms with Gasteiger partial charge in [0.2, 0.25) is 0 Å². The van der Waals surface area contributed by atoms with E-state index in [2.05, 4.69) is 0 Å². The summed E-state index contributed by atoms with van der Waals surface area (Å²) in [5.41, 5.74) is 0.0791. The summed E-state index contributed by atoms with van der Waals surface area (Å²) < 4.78 is 53.6. The third-order valence-electron chi connectivity index (χ3n) is 5.56. The Labute approximate surface area is 214 Å². The van der Waals surface area contributed by atoms with Gasteiger partial charge in [-0.15, -0.1) is 0 Å². The predicted molar refractivity (Wildman–Crippen MR) is 130 cm³/mol. The van der Waals surface area contributed by atoms with Crippen molar-refractivity contribution in [2.45, 2.75) is 15.1 Å². The molecule has 182 valence electrons. The van der Waals surface area contributed by atoms with Crippen LogP contribution in [0, 0.1) is 0 Å². The largest absolute Gasteiger partial charge is 0.367 e. The number of hydrogen-bond donors (Lipinski definition) is 0. The van der Waals surface area contributed by atoms with E-state index in [1.807, 2.05) is 0 Å². The molecule has 0 atom stereocenters. The molecule has 13 heteroatoms. The number of carbonyl (C=O) groups excluding carboxylic acids is 1. The molecule has 2 aromatic carbocycles. The average Bonchev–Trinajstić information content (AvgIpc) is 3.19. The standard InChI is InChI=1S/C21H17Cl4F2N3O3S/c22-14-4-1-2-7-17(14)34(32,33)30-12-13(19(26)27)18-15(5-3-6-16(18)30)28-8-10-29(11-9-28)20(31)21(23,24)25/h1-7,12,19H,8-11H2. The van der Waals surface area contributed by atoms with Gasteiger partial charge >= 0.3 is 0 Å². The summed E-state index contributed by atoms with van der Waals surface area (Å²) in [6.07, 6.45) is -2.00. The van der Waals surface area contributed by atoms with Crippen LogP contribution in [0.15, 0.2) is 53.6 Å². The smallest absolute Gasteiger partial charge is 0.274 e. The van der Waals surface area contributed by atoms with Crippen molar-refractivity contribution < 1.29 is 22.0 Å². The fraction of sp³-hybridized carbons (Fsp3) is 0.286. The topological polar surface area (TPSA) is 62.6 Å². The lowest BCUT2D eigenvalue weighted by atomic mass is 10.1. The van der Waals surface area contributed by atoms with Crippen molar-refractivity contribution in [3.8, 4) is 0 Å². The van der Waals surface area contributed by atoms with E-state index in [4.69, 9.17) is 46.4 Å². The number of aromatic nitrogens is 1. The summed E-state index contributed by atoms with van der Waals surface area (Å²) in [5.74, 6) is -0.666. The second-order valence-corrected chi connectivity index (χ2v) is 12.0. The van der Waals surface area contributed by atoms with Gasteiger partial charge in [-0.25, -0.2) is 21.2 Å². The van der Waals surface area contributed by atoms with Crippen LogP contribution in [0.1, 0.15) is 12.0 Å². The summed E-state index contributed by atoms with van der Waals surface area (Å²) in [7, 11) is -4.26. The molecule has 0 aliphatic carbocycles. The number of nitrogens with zero attached hydrogens (tertiary/aromatic N) is 3. The minimum absolute atomic E-state index is 0.0196. The molecule has 4 rings (SSSR count). The molecule has 0 spiro atoms. The highest BCUT2D eigenvalue weighted by Crippen LogP contribution is 2.39. The number of alkyl halides is 5. The number of piperazine rings is 1. The van der Waals surface area contributed by atoms with Gasteiger partial charge in [-0.1, -0.05) is 64.6 Å². The van der Waals surface area contributed by atoms with Crippen LogP contribution in [0.4, 0.5) is 14.5 Å². The first kappa shape index (κ1) is 25.3. The maximum Gasteiger partial charge on any atom is 0.274 e. The molecule has 2 heterocycles. The maximum atomic E-state index is 14.1. The molecular weight excluding hydrogens is 554 g/mol. The zero-order valence-corrected chi connectivity index (χ0v) is 21.1. The minimum Gasteiger partial charge on any atom is -0.367 e. The molecule has 0 unspecified atom stereocenters. The normalized spacial score (nSPS) is 15.4.